The molecule has 0 aliphatic carbocycles. The van der Waals surface area contributed by atoms with Crippen molar-refractivity contribution in [2.24, 2.45) is 0 Å². The van der Waals surface area contributed by atoms with Crippen LogP contribution in [-0.4, -0.2) is 18.4 Å². The average molecular weight is 376 g/mol. The van der Waals surface area contributed by atoms with Gasteiger partial charge in [-0.15, -0.1) is 0 Å². The highest BCUT2D eigenvalue weighted by atomic mass is 79.9. The van der Waals surface area contributed by atoms with Crippen molar-refractivity contribution in [1.82, 2.24) is 5.32 Å². The van der Waals surface area contributed by atoms with Crippen LogP contribution in [0.15, 0.2) is 46.9 Å². The highest BCUT2D eigenvalue weighted by Crippen LogP contribution is 2.19. The van der Waals surface area contributed by atoms with Crippen LogP contribution >= 0.6 is 15.9 Å². The van der Waals surface area contributed by atoms with E-state index in [1.54, 1.807) is 30.3 Å². The number of amides is 1. The highest BCUT2D eigenvalue weighted by Gasteiger charge is 2.09. The molecule has 0 saturated carbocycles. The Morgan fingerprint density at radius 3 is 2.43 bits per heavy atom. The average Bonchev–Trinajstić information content (AvgIpc) is 2.50. The molecular formula is C18H18BrNO3. The van der Waals surface area contributed by atoms with E-state index in [9.17, 15) is 9.59 Å². The molecule has 2 rings (SSSR count). The fourth-order valence-electron chi connectivity index (χ4n) is 2.07. The van der Waals surface area contributed by atoms with Gasteiger partial charge in [-0.1, -0.05) is 33.6 Å². The van der Waals surface area contributed by atoms with E-state index in [0.717, 1.165) is 15.6 Å². The second-order valence-electron chi connectivity index (χ2n) is 5.26. The lowest BCUT2D eigenvalue weighted by atomic mass is 10.1. The Morgan fingerprint density at radius 1 is 1.09 bits per heavy atom. The van der Waals surface area contributed by atoms with Gasteiger partial charge >= 0.3 is 5.97 Å². The highest BCUT2D eigenvalue weighted by molar-refractivity contribution is 9.10. The lowest BCUT2D eigenvalue weighted by Crippen LogP contribution is -2.27. The number of carbonyl (C=O) groups excluding carboxylic acids is 2. The first-order chi connectivity index (χ1) is 11.0. The van der Waals surface area contributed by atoms with E-state index in [0.29, 0.717) is 11.3 Å². The topological polar surface area (TPSA) is 55.4 Å². The summed E-state index contributed by atoms with van der Waals surface area (Å²) in [6.07, 6.45) is 0.121. The number of nitrogens with one attached hydrogen (secondary N) is 1. The molecule has 0 heterocycles. The summed E-state index contributed by atoms with van der Waals surface area (Å²) in [5, 5.41) is 2.70. The molecule has 1 N–H and O–H groups in total. The zero-order valence-electron chi connectivity index (χ0n) is 13.1. The van der Waals surface area contributed by atoms with Crippen molar-refractivity contribution in [2.45, 2.75) is 20.3 Å². The molecule has 0 aromatic heterocycles. The van der Waals surface area contributed by atoms with Gasteiger partial charge < -0.3 is 10.1 Å². The molecule has 4 nitrogen and oxygen atoms in total. The largest absolute Gasteiger partial charge is 0.426 e. The van der Waals surface area contributed by atoms with Crippen molar-refractivity contribution in [1.29, 1.82) is 0 Å². The molecule has 0 atom stereocenters. The number of aryl methyl sites for hydroxylation is 2. The van der Waals surface area contributed by atoms with Crippen molar-refractivity contribution < 1.29 is 14.3 Å². The summed E-state index contributed by atoms with van der Waals surface area (Å²) in [5.41, 5.74) is 2.58. The van der Waals surface area contributed by atoms with Crippen LogP contribution in [0.5, 0.6) is 5.75 Å². The van der Waals surface area contributed by atoms with Gasteiger partial charge in [-0.05, 0) is 49.7 Å². The molecule has 0 bridgehead atoms. The second-order valence-corrected chi connectivity index (χ2v) is 6.17. The minimum atomic E-state index is -0.368. The van der Waals surface area contributed by atoms with Crippen molar-refractivity contribution >= 4 is 27.8 Å². The maximum atomic E-state index is 11.9. The minimum Gasteiger partial charge on any atom is -0.426 e. The summed E-state index contributed by atoms with van der Waals surface area (Å²) < 4.78 is 6.22. The summed E-state index contributed by atoms with van der Waals surface area (Å²) in [4.78, 5) is 23.7. The first-order valence-corrected chi connectivity index (χ1v) is 8.06. The van der Waals surface area contributed by atoms with Crippen molar-refractivity contribution in [2.75, 3.05) is 6.54 Å². The summed E-state index contributed by atoms with van der Waals surface area (Å²) in [5.74, 6) is -0.0234. The molecule has 23 heavy (non-hydrogen) atoms. The van der Waals surface area contributed by atoms with Crippen LogP contribution in [-0.2, 0) is 4.79 Å². The smallest absolute Gasteiger partial charge is 0.312 e. The molecule has 0 saturated heterocycles. The molecule has 0 fully saturated rings. The summed E-state index contributed by atoms with van der Waals surface area (Å²) in [7, 11) is 0. The third-order valence-electron chi connectivity index (χ3n) is 3.28. The van der Waals surface area contributed by atoms with Crippen LogP contribution in [0, 0.1) is 13.8 Å². The Balaban J connectivity index is 1.80. The van der Waals surface area contributed by atoms with Gasteiger partial charge in [-0.2, -0.15) is 0 Å². The minimum absolute atomic E-state index is 0.121. The Morgan fingerprint density at radius 2 is 1.78 bits per heavy atom. The van der Waals surface area contributed by atoms with E-state index < -0.39 is 0 Å². The Hall–Kier alpha value is -2.14. The van der Waals surface area contributed by atoms with Gasteiger partial charge in [-0.25, -0.2) is 0 Å². The van der Waals surface area contributed by atoms with E-state index in [1.165, 1.54) is 0 Å². The Kier molecular flexibility index (Phi) is 5.93. The molecule has 0 radical (unpaired) electrons. The van der Waals surface area contributed by atoms with Gasteiger partial charge in [0.15, 0.2) is 0 Å². The zero-order chi connectivity index (χ0) is 16.8. The molecule has 0 aliphatic rings. The van der Waals surface area contributed by atoms with Crippen molar-refractivity contribution in [3.63, 3.8) is 0 Å². The number of ether oxygens (including phenoxy) is 1. The van der Waals surface area contributed by atoms with E-state index in [1.807, 2.05) is 26.0 Å². The number of hydrogen-bond acceptors (Lipinski definition) is 3. The zero-order valence-corrected chi connectivity index (χ0v) is 14.6. The maximum Gasteiger partial charge on any atom is 0.312 e. The van der Waals surface area contributed by atoms with Gasteiger partial charge in [0.2, 0.25) is 0 Å². The molecule has 1 amide bonds. The molecular weight excluding hydrogens is 358 g/mol. The fraction of sp³-hybridized carbons (Fsp3) is 0.222. The van der Waals surface area contributed by atoms with E-state index in [2.05, 4.69) is 21.2 Å². The molecule has 0 spiro atoms. The number of esters is 1. The van der Waals surface area contributed by atoms with Gasteiger partial charge in [0.05, 0.1) is 6.42 Å². The molecule has 2 aromatic carbocycles. The van der Waals surface area contributed by atoms with Crippen LogP contribution in [0.25, 0.3) is 0 Å². The molecule has 120 valence electrons. The van der Waals surface area contributed by atoms with Crippen LogP contribution in [0.1, 0.15) is 27.9 Å². The lowest BCUT2D eigenvalue weighted by Gasteiger charge is -2.09. The van der Waals surface area contributed by atoms with E-state index in [-0.39, 0.29) is 24.8 Å². The molecule has 0 aliphatic heterocycles. The summed E-state index contributed by atoms with van der Waals surface area (Å²) in [6.45, 7) is 4.11. The third-order valence-corrected chi connectivity index (χ3v) is 3.80. The molecule has 0 unspecified atom stereocenters. The van der Waals surface area contributed by atoms with Crippen LogP contribution < -0.4 is 10.1 Å². The Bertz CT molecular complexity index is 711. The van der Waals surface area contributed by atoms with Crippen LogP contribution in [0.3, 0.4) is 0 Å². The SMILES string of the molecule is Cc1ccc(OC(=O)CCNC(=O)c2ccc(Br)cc2)c(C)c1. The molecule has 5 heteroatoms. The fourth-order valence-corrected chi connectivity index (χ4v) is 2.33. The Labute approximate surface area is 144 Å². The third kappa shape index (κ3) is 5.21. The number of carbonyl (C=O) groups is 2. The first-order valence-electron chi connectivity index (χ1n) is 7.27. The normalized spacial score (nSPS) is 10.2. The van der Waals surface area contributed by atoms with E-state index >= 15 is 0 Å². The molecule has 2 aromatic rings. The van der Waals surface area contributed by atoms with Crippen LogP contribution in [0.4, 0.5) is 0 Å². The predicted octanol–water partition coefficient (Wildman–Crippen LogP) is 3.79. The van der Waals surface area contributed by atoms with Gasteiger partial charge in [0.25, 0.3) is 5.91 Å². The predicted molar refractivity (Wildman–Crippen MR) is 92.6 cm³/mol. The quantitative estimate of drug-likeness (QED) is 0.638. The number of benzene rings is 2. The summed E-state index contributed by atoms with van der Waals surface area (Å²) in [6, 6.07) is 12.7. The maximum absolute atomic E-state index is 11.9. The van der Waals surface area contributed by atoms with Gasteiger partial charge in [0, 0.05) is 16.6 Å². The van der Waals surface area contributed by atoms with Crippen LogP contribution in [0.2, 0.25) is 0 Å². The van der Waals surface area contributed by atoms with Gasteiger partial charge in [-0.3, -0.25) is 9.59 Å². The van der Waals surface area contributed by atoms with Gasteiger partial charge in [0.1, 0.15) is 5.75 Å². The van der Waals surface area contributed by atoms with Crippen molar-refractivity contribution in [3.8, 4) is 5.75 Å². The number of rotatable bonds is 5. The standard InChI is InChI=1S/C18H18BrNO3/c1-12-3-8-16(13(2)11-12)23-17(21)9-10-20-18(22)14-4-6-15(19)7-5-14/h3-8,11H,9-10H2,1-2H3,(H,20,22). The number of halogens is 1. The first kappa shape index (κ1) is 17.2. The second kappa shape index (κ2) is 7.92. The van der Waals surface area contributed by atoms with E-state index in [4.69, 9.17) is 4.74 Å². The number of hydrogen-bond donors (Lipinski definition) is 1. The summed E-state index contributed by atoms with van der Waals surface area (Å²) >= 11 is 3.32. The monoisotopic (exact) mass is 375 g/mol. The van der Waals surface area contributed by atoms with Crippen molar-refractivity contribution in [3.05, 3.63) is 63.6 Å². The lowest BCUT2D eigenvalue weighted by molar-refractivity contribution is -0.134.